The van der Waals surface area contributed by atoms with Gasteiger partial charge in [0.25, 0.3) is 5.72 Å². The summed E-state index contributed by atoms with van der Waals surface area (Å²) in [5, 5.41) is 39.7. The van der Waals surface area contributed by atoms with E-state index in [2.05, 4.69) is 15.0 Å². The number of nitriles is 1. The molecule has 1 amide bonds. The molecule has 3 heterocycles. The van der Waals surface area contributed by atoms with Crippen LogP contribution in [-0.4, -0.2) is 65.2 Å². The van der Waals surface area contributed by atoms with Crippen LogP contribution in [0.2, 0.25) is 0 Å². The standard InChI is InChI=1S/C12H13N7O5/c13-1-12(8(22)5(20)7(24-12)6(21)10(15)23)19-3-18-4-9(14)16-2-17-11(4)19/h2-3,5-8,20-22H,(H2,15,23)(H2,14,16,17)/t5-,6?,7+,8-,12-/m1/s1. The van der Waals surface area contributed by atoms with Crippen molar-refractivity contribution in [3.63, 3.8) is 0 Å². The third kappa shape index (κ3) is 2.00. The van der Waals surface area contributed by atoms with Crippen LogP contribution in [0.25, 0.3) is 11.2 Å². The molecule has 0 radical (unpaired) electrons. The Morgan fingerprint density at radius 3 is 2.79 bits per heavy atom. The number of rotatable bonds is 3. The second-order valence-electron chi connectivity index (χ2n) is 5.22. The summed E-state index contributed by atoms with van der Waals surface area (Å²) in [4.78, 5) is 22.8. The summed E-state index contributed by atoms with van der Waals surface area (Å²) in [7, 11) is 0. The quantitative estimate of drug-likeness (QED) is 0.374. The predicted molar refractivity (Wildman–Crippen MR) is 75.4 cm³/mol. The van der Waals surface area contributed by atoms with Crippen LogP contribution >= 0.6 is 0 Å². The zero-order valence-corrected chi connectivity index (χ0v) is 12.0. The Hall–Kier alpha value is -2.85. The second-order valence-corrected chi connectivity index (χ2v) is 5.22. The maximum atomic E-state index is 11.1. The molecule has 1 aliphatic rings. The van der Waals surface area contributed by atoms with E-state index in [0.29, 0.717) is 0 Å². The van der Waals surface area contributed by atoms with E-state index in [1.807, 2.05) is 0 Å². The minimum Gasteiger partial charge on any atom is -0.387 e. The molecule has 1 aliphatic heterocycles. The third-order valence-corrected chi connectivity index (χ3v) is 3.86. The first-order chi connectivity index (χ1) is 11.3. The molecule has 1 fully saturated rings. The Bertz CT molecular complexity index is 848. The van der Waals surface area contributed by atoms with Crippen molar-refractivity contribution in [2.45, 2.75) is 30.1 Å². The zero-order valence-electron chi connectivity index (χ0n) is 12.0. The van der Waals surface area contributed by atoms with E-state index < -0.39 is 36.0 Å². The monoisotopic (exact) mass is 335 g/mol. The van der Waals surface area contributed by atoms with E-state index >= 15 is 0 Å². The summed E-state index contributed by atoms with van der Waals surface area (Å²) in [5.41, 5.74) is 8.66. The van der Waals surface area contributed by atoms with Gasteiger partial charge in [-0.05, 0) is 0 Å². The molecule has 2 aromatic heterocycles. The number of carbonyl (C=O) groups is 1. The van der Waals surface area contributed by atoms with Crippen molar-refractivity contribution >= 4 is 22.9 Å². The number of imidazole rings is 1. The maximum absolute atomic E-state index is 11.1. The molecule has 0 spiro atoms. The summed E-state index contributed by atoms with van der Waals surface area (Å²) in [6.45, 7) is 0. The lowest BCUT2D eigenvalue weighted by Crippen LogP contribution is -2.46. The summed E-state index contributed by atoms with van der Waals surface area (Å²) in [6.07, 6.45) is -4.89. The van der Waals surface area contributed by atoms with Gasteiger partial charge in [-0.15, -0.1) is 0 Å². The van der Waals surface area contributed by atoms with Crippen molar-refractivity contribution < 1.29 is 24.9 Å². The highest BCUT2D eigenvalue weighted by Gasteiger charge is 2.59. The van der Waals surface area contributed by atoms with Gasteiger partial charge in [-0.3, -0.25) is 9.36 Å². The Balaban J connectivity index is 2.14. The van der Waals surface area contributed by atoms with Crippen molar-refractivity contribution in [2.75, 3.05) is 5.73 Å². The van der Waals surface area contributed by atoms with Gasteiger partial charge in [0, 0.05) is 0 Å². The Labute approximate surface area is 133 Å². The SMILES string of the molecule is N#C[C@@]1(n2cnc3c(N)ncnc32)O[C@H](C(O)C(N)=O)[C@@H](O)[C@H]1O. The molecule has 1 saturated heterocycles. The molecular formula is C12H13N7O5. The highest BCUT2D eigenvalue weighted by atomic mass is 16.6. The molecule has 12 heteroatoms. The minimum atomic E-state index is -2.20. The molecule has 2 aromatic rings. The lowest BCUT2D eigenvalue weighted by atomic mass is 10.0. The molecule has 3 rings (SSSR count). The Kier molecular flexibility index (Phi) is 3.57. The first-order valence-electron chi connectivity index (χ1n) is 6.70. The fourth-order valence-electron chi connectivity index (χ4n) is 2.61. The summed E-state index contributed by atoms with van der Waals surface area (Å²) >= 11 is 0. The van der Waals surface area contributed by atoms with Crippen LogP contribution in [0.5, 0.6) is 0 Å². The first-order valence-corrected chi connectivity index (χ1v) is 6.70. The summed E-state index contributed by atoms with van der Waals surface area (Å²) in [6, 6.07) is 1.72. The largest absolute Gasteiger partial charge is 0.387 e. The predicted octanol–water partition coefficient (Wildman–Crippen LogP) is -3.45. The normalized spacial score (nSPS) is 31.0. The van der Waals surface area contributed by atoms with E-state index in [-0.39, 0.29) is 17.0 Å². The first kappa shape index (κ1) is 16.0. The number of primary amides is 1. The van der Waals surface area contributed by atoms with E-state index in [4.69, 9.17) is 16.2 Å². The minimum absolute atomic E-state index is 0.0357. The van der Waals surface area contributed by atoms with E-state index in [9.17, 15) is 25.4 Å². The number of aliphatic hydroxyl groups is 3. The average Bonchev–Trinajstić information content (AvgIpc) is 3.10. The topological polar surface area (TPSA) is 206 Å². The van der Waals surface area contributed by atoms with E-state index in [1.54, 1.807) is 6.07 Å². The van der Waals surface area contributed by atoms with Gasteiger partial charge in [-0.1, -0.05) is 0 Å². The molecule has 7 N–H and O–H groups in total. The molecule has 24 heavy (non-hydrogen) atoms. The molecular weight excluding hydrogens is 322 g/mol. The van der Waals surface area contributed by atoms with E-state index in [0.717, 1.165) is 17.2 Å². The van der Waals surface area contributed by atoms with Crippen LogP contribution in [0.3, 0.4) is 0 Å². The van der Waals surface area contributed by atoms with Crippen LogP contribution in [0, 0.1) is 11.3 Å². The second kappa shape index (κ2) is 5.35. The zero-order chi connectivity index (χ0) is 17.6. The summed E-state index contributed by atoms with van der Waals surface area (Å²) < 4.78 is 6.39. The molecule has 12 nitrogen and oxygen atoms in total. The van der Waals surface area contributed by atoms with Gasteiger partial charge < -0.3 is 31.5 Å². The Morgan fingerprint density at radius 2 is 2.17 bits per heavy atom. The lowest BCUT2D eigenvalue weighted by molar-refractivity contribution is -0.148. The molecule has 0 aliphatic carbocycles. The summed E-state index contributed by atoms with van der Waals surface area (Å²) in [5.74, 6) is -1.14. The van der Waals surface area contributed by atoms with Gasteiger partial charge in [0.05, 0.1) is 0 Å². The number of hydrogen-bond donors (Lipinski definition) is 5. The number of nitrogens with two attached hydrogens (primary N) is 2. The third-order valence-electron chi connectivity index (χ3n) is 3.86. The fraction of sp³-hybridized carbons (Fsp3) is 0.417. The van der Waals surface area contributed by atoms with Gasteiger partial charge in [0.15, 0.2) is 17.6 Å². The highest BCUT2D eigenvalue weighted by molar-refractivity contribution is 5.81. The van der Waals surface area contributed by atoms with Crippen LogP contribution in [-0.2, 0) is 15.3 Å². The van der Waals surface area contributed by atoms with Crippen molar-refractivity contribution in [1.82, 2.24) is 19.5 Å². The maximum Gasteiger partial charge on any atom is 0.266 e. The lowest BCUT2D eigenvalue weighted by Gasteiger charge is -2.26. The molecule has 126 valence electrons. The van der Waals surface area contributed by atoms with Crippen LogP contribution in [0.15, 0.2) is 12.7 Å². The molecule has 0 aromatic carbocycles. The van der Waals surface area contributed by atoms with Crippen LogP contribution in [0.1, 0.15) is 0 Å². The van der Waals surface area contributed by atoms with Crippen molar-refractivity contribution in [1.29, 1.82) is 5.26 Å². The smallest absolute Gasteiger partial charge is 0.266 e. The fourth-order valence-corrected chi connectivity index (χ4v) is 2.61. The molecule has 0 saturated carbocycles. The van der Waals surface area contributed by atoms with Gasteiger partial charge in [-0.25, -0.2) is 15.0 Å². The number of fused-ring (bicyclic) bond motifs is 1. The average molecular weight is 335 g/mol. The van der Waals surface area contributed by atoms with Crippen LogP contribution < -0.4 is 11.5 Å². The van der Waals surface area contributed by atoms with E-state index in [1.165, 1.54) is 0 Å². The molecule has 1 unspecified atom stereocenters. The van der Waals surface area contributed by atoms with Gasteiger partial charge in [0.1, 0.15) is 42.6 Å². The number of nitrogens with zero attached hydrogens (tertiary/aromatic N) is 5. The molecule has 0 bridgehead atoms. The number of aliphatic hydroxyl groups excluding tert-OH is 3. The van der Waals surface area contributed by atoms with Gasteiger partial charge in [-0.2, -0.15) is 5.26 Å². The number of anilines is 1. The number of hydrogen-bond acceptors (Lipinski definition) is 10. The number of carbonyl (C=O) groups excluding carboxylic acids is 1. The van der Waals surface area contributed by atoms with Gasteiger partial charge in [0.2, 0.25) is 5.91 Å². The Morgan fingerprint density at radius 1 is 1.46 bits per heavy atom. The van der Waals surface area contributed by atoms with Crippen molar-refractivity contribution in [2.24, 2.45) is 5.73 Å². The number of aromatic nitrogens is 4. The molecule has 5 atom stereocenters. The van der Waals surface area contributed by atoms with Crippen molar-refractivity contribution in [3.8, 4) is 6.07 Å². The number of nitrogen functional groups attached to an aromatic ring is 1. The van der Waals surface area contributed by atoms with Gasteiger partial charge >= 0.3 is 0 Å². The van der Waals surface area contributed by atoms with Crippen molar-refractivity contribution in [3.05, 3.63) is 12.7 Å². The van der Waals surface area contributed by atoms with Crippen LogP contribution in [0.4, 0.5) is 5.82 Å². The highest BCUT2D eigenvalue weighted by Crippen LogP contribution is 2.38. The number of ether oxygens (including phenoxy) is 1. The number of amides is 1.